The van der Waals surface area contributed by atoms with E-state index in [1.54, 1.807) is 36.4 Å². The molecule has 0 aliphatic rings. The molecule has 0 aliphatic heterocycles. The second kappa shape index (κ2) is 15.3. The number of hydrogen-bond donors (Lipinski definition) is 2. The predicted molar refractivity (Wildman–Crippen MR) is 207 cm³/mol. The minimum atomic E-state index is -0.948. The monoisotopic (exact) mass is 705 g/mol. The van der Waals surface area contributed by atoms with Crippen molar-refractivity contribution >= 4 is 27.5 Å². The first-order chi connectivity index (χ1) is 25.6. The molecule has 7 rings (SSSR count). The maximum atomic E-state index is 14.8. The van der Waals surface area contributed by atoms with Crippen molar-refractivity contribution in [3.8, 4) is 11.5 Å². The number of benzene rings is 7. The van der Waals surface area contributed by atoms with Gasteiger partial charge < -0.3 is 14.9 Å². The zero-order valence-corrected chi connectivity index (χ0v) is 29.6. The Kier molecular flexibility index (Phi) is 10.2. The van der Waals surface area contributed by atoms with Crippen molar-refractivity contribution in [1.82, 2.24) is 0 Å². The van der Waals surface area contributed by atoms with Crippen molar-refractivity contribution < 1.29 is 28.5 Å². The number of fused-ring (bicyclic) bond motifs is 2. The quantitative estimate of drug-likeness (QED) is 0.133. The van der Waals surface area contributed by atoms with Crippen LogP contribution in [0.5, 0.6) is 11.5 Å². The van der Waals surface area contributed by atoms with Gasteiger partial charge in [-0.2, -0.15) is 0 Å². The molecule has 0 unspecified atom stereocenters. The number of phenolic OH excluding ortho intramolecular Hbond substituents is 1. The fourth-order valence-corrected chi connectivity index (χ4v) is 7.29. The molecule has 4 nitrogen and oxygen atoms in total. The Morgan fingerprint density at radius 1 is 0.642 bits per heavy atom. The third kappa shape index (κ3) is 8.07. The van der Waals surface area contributed by atoms with E-state index in [9.17, 15) is 23.8 Å². The van der Waals surface area contributed by atoms with Crippen LogP contribution < -0.4 is 4.74 Å². The third-order valence-electron chi connectivity index (χ3n) is 10.1. The molecule has 6 heteroatoms. The van der Waals surface area contributed by atoms with Crippen LogP contribution in [-0.4, -0.2) is 16.2 Å². The van der Waals surface area contributed by atoms with Crippen LogP contribution in [0.15, 0.2) is 127 Å². The van der Waals surface area contributed by atoms with E-state index in [0.29, 0.717) is 25.9 Å². The molecule has 0 atom stereocenters. The van der Waals surface area contributed by atoms with E-state index in [4.69, 9.17) is 4.74 Å². The highest BCUT2D eigenvalue weighted by Crippen LogP contribution is 2.37. The summed E-state index contributed by atoms with van der Waals surface area (Å²) in [5.41, 5.74) is 8.54. The van der Waals surface area contributed by atoms with Gasteiger partial charge in [0.25, 0.3) is 0 Å². The number of halogens is 2. The first-order valence-corrected chi connectivity index (χ1v) is 17.6. The molecule has 1 radical (unpaired) electrons. The van der Waals surface area contributed by atoms with Gasteiger partial charge in [-0.25, -0.2) is 8.78 Å². The van der Waals surface area contributed by atoms with E-state index in [1.165, 1.54) is 12.1 Å². The van der Waals surface area contributed by atoms with Crippen molar-refractivity contribution in [2.24, 2.45) is 0 Å². The van der Waals surface area contributed by atoms with Crippen LogP contribution in [0.2, 0.25) is 0 Å². The minimum Gasteiger partial charge on any atom is -0.508 e. The standard InChI is InChI=1S/C47H39F2O4/c1-29-36(22-34-12-14-38(48)26-45(34)43(29)20-31-8-16-40(50)17-9-31)23-37(25-47(51)52)42-24-35-13-15-39(49)27-46(35)44(30(42)2)21-32-10-18-41(19-11-32)53-28-33-6-4-3-5-7-33/h3-19,22,24,26-27,50H,20-21,23,25,28H2,1-2H3,(H,51,52). The fourth-order valence-electron chi connectivity index (χ4n) is 7.29. The number of carboxylic acid groups (broad SMARTS) is 1. The molecule has 265 valence electrons. The van der Waals surface area contributed by atoms with Crippen LogP contribution in [-0.2, 0) is 30.7 Å². The molecule has 0 heterocycles. The Labute approximate surface area is 308 Å². The number of aromatic hydroxyl groups is 1. The van der Waals surface area contributed by atoms with Crippen LogP contribution in [0.3, 0.4) is 0 Å². The lowest BCUT2D eigenvalue weighted by Crippen LogP contribution is -2.14. The molecule has 0 bridgehead atoms. The molecule has 2 N–H and O–H groups in total. The Balaban J connectivity index is 1.26. The van der Waals surface area contributed by atoms with Crippen LogP contribution in [0, 0.1) is 31.4 Å². The highest BCUT2D eigenvalue weighted by atomic mass is 19.1. The van der Waals surface area contributed by atoms with Crippen LogP contribution in [0.1, 0.15) is 56.5 Å². The molecule has 0 fully saturated rings. The summed E-state index contributed by atoms with van der Waals surface area (Å²) in [5.74, 6) is 0.0213. The average molecular weight is 706 g/mol. The zero-order chi connectivity index (χ0) is 37.1. The van der Waals surface area contributed by atoms with Crippen LogP contribution in [0.25, 0.3) is 21.5 Å². The number of aliphatic carboxylic acids is 1. The molecular formula is C47H39F2O4. The van der Waals surface area contributed by atoms with Crippen molar-refractivity contribution in [3.05, 3.63) is 195 Å². The summed E-state index contributed by atoms with van der Waals surface area (Å²) in [7, 11) is 0. The van der Waals surface area contributed by atoms with E-state index in [1.807, 2.05) is 92.7 Å². The molecule has 53 heavy (non-hydrogen) atoms. The predicted octanol–water partition coefficient (Wildman–Crippen LogP) is 11.0. The van der Waals surface area contributed by atoms with Crippen molar-refractivity contribution in [2.45, 2.75) is 46.1 Å². The summed E-state index contributed by atoms with van der Waals surface area (Å²) in [5, 5.41) is 23.3. The van der Waals surface area contributed by atoms with Gasteiger partial charge in [0.1, 0.15) is 29.7 Å². The fraction of sp³-hybridized carbons (Fsp3) is 0.149. The molecule has 7 aromatic rings. The van der Waals surface area contributed by atoms with Gasteiger partial charge in [0, 0.05) is 5.92 Å². The van der Waals surface area contributed by atoms with E-state index < -0.39 is 5.97 Å². The molecule has 7 aromatic carbocycles. The Morgan fingerprint density at radius 3 is 1.81 bits per heavy atom. The van der Waals surface area contributed by atoms with Gasteiger partial charge >= 0.3 is 5.97 Å². The summed E-state index contributed by atoms with van der Waals surface area (Å²) in [6.07, 6.45) is 1.19. The summed E-state index contributed by atoms with van der Waals surface area (Å²) in [6, 6.07) is 38.3. The summed E-state index contributed by atoms with van der Waals surface area (Å²) in [6.45, 7) is 4.45. The van der Waals surface area contributed by atoms with Crippen molar-refractivity contribution in [1.29, 1.82) is 0 Å². The minimum absolute atomic E-state index is 0.167. The molecule has 0 amide bonds. The second-order valence-electron chi connectivity index (χ2n) is 13.7. The van der Waals surface area contributed by atoms with Crippen molar-refractivity contribution in [3.63, 3.8) is 0 Å². The molecule has 0 aromatic heterocycles. The Morgan fingerprint density at radius 2 is 1.21 bits per heavy atom. The number of phenols is 1. The normalized spacial score (nSPS) is 11.4. The number of hydrogen-bond acceptors (Lipinski definition) is 3. The number of carboxylic acids is 1. The first kappa shape index (κ1) is 35.4. The van der Waals surface area contributed by atoms with E-state index >= 15 is 0 Å². The van der Waals surface area contributed by atoms with Crippen LogP contribution in [0.4, 0.5) is 8.78 Å². The summed E-state index contributed by atoms with van der Waals surface area (Å²) in [4.78, 5) is 12.5. The number of carbonyl (C=O) groups is 1. The number of ether oxygens (including phenoxy) is 1. The first-order valence-electron chi connectivity index (χ1n) is 17.6. The summed E-state index contributed by atoms with van der Waals surface area (Å²) < 4.78 is 35.4. The average Bonchev–Trinajstić information content (AvgIpc) is 3.15. The SMILES string of the molecule is Cc1c(C[C](CC(=O)O)c2cc3ccc(F)cc3c(Cc3ccc(OCc4ccccc4)cc3)c2C)cc2ccc(F)cc2c1Cc1ccc(O)cc1. The highest BCUT2D eigenvalue weighted by molar-refractivity contribution is 5.90. The third-order valence-corrected chi connectivity index (χ3v) is 10.1. The zero-order valence-electron chi connectivity index (χ0n) is 29.6. The lowest BCUT2D eigenvalue weighted by Gasteiger charge is -2.24. The lowest BCUT2D eigenvalue weighted by atomic mass is 9.80. The summed E-state index contributed by atoms with van der Waals surface area (Å²) >= 11 is 0. The van der Waals surface area contributed by atoms with E-state index in [2.05, 4.69) is 0 Å². The molecular weight excluding hydrogens is 667 g/mol. The van der Waals surface area contributed by atoms with E-state index in [-0.39, 0.29) is 23.8 Å². The van der Waals surface area contributed by atoms with Crippen LogP contribution >= 0.6 is 0 Å². The molecule has 0 spiro atoms. The molecule has 0 aliphatic carbocycles. The smallest absolute Gasteiger partial charge is 0.304 e. The highest BCUT2D eigenvalue weighted by Gasteiger charge is 2.24. The van der Waals surface area contributed by atoms with Crippen molar-refractivity contribution in [2.75, 3.05) is 0 Å². The Bertz CT molecular complexity index is 2420. The molecule has 0 saturated heterocycles. The van der Waals surface area contributed by atoms with Gasteiger partial charge in [-0.05, 0) is 153 Å². The second-order valence-corrected chi connectivity index (χ2v) is 13.7. The van der Waals surface area contributed by atoms with Gasteiger partial charge in [0.05, 0.1) is 6.42 Å². The maximum Gasteiger partial charge on any atom is 0.304 e. The van der Waals surface area contributed by atoms with Gasteiger partial charge in [0.15, 0.2) is 0 Å². The Hall–Kier alpha value is -6.01. The lowest BCUT2D eigenvalue weighted by molar-refractivity contribution is -0.136. The molecule has 0 saturated carbocycles. The van der Waals surface area contributed by atoms with Gasteiger partial charge in [-0.1, -0.05) is 78.9 Å². The topological polar surface area (TPSA) is 66.8 Å². The number of rotatable bonds is 12. The largest absolute Gasteiger partial charge is 0.508 e. The van der Waals surface area contributed by atoms with Gasteiger partial charge in [-0.3, -0.25) is 4.79 Å². The van der Waals surface area contributed by atoms with Gasteiger partial charge in [0.2, 0.25) is 0 Å². The van der Waals surface area contributed by atoms with E-state index in [0.717, 1.165) is 83.3 Å². The maximum absolute atomic E-state index is 14.8. The van der Waals surface area contributed by atoms with Gasteiger partial charge in [-0.15, -0.1) is 0 Å².